The van der Waals surface area contributed by atoms with Gasteiger partial charge < -0.3 is 19.8 Å². The van der Waals surface area contributed by atoms with Gasteiger partial charge in [0.15, 0.2) is 17.3 Å². The Hall–Kier alpha value is -2.76. The SMILES string of the molecule is CC(=O)c1c[nH]c(C(=O)NCC(C)(C)c2ccc3c(c2)OCCO3)c1. The molecule has 0 saturated heterocycles. The molecule has 0 radical (unpaired) electrons. The van der Waals surface area contributed by atoms with E-state index in [1.807, 2.05) is 32.0 Å². The van der Waals surface area contributed by atoms with Gasteiger partial charge in [0.2, 0.25) is 0 Å². The summed E-state index contributed by atoms with van der Waals surface area (Å²) in [5.41, 5.74) is 1.63. The average Bonchev–Trinajstić information content (AvgIpc) is 3.10. The standard InChI is InChI=1S/C19H22N2O4/c1-12(22)13-8-15(20-10-13)18(23)21-11-19(2,3)14-4-5-16-17(9-14)25-7-6-24-16/h4-5,8-10,20H,6-7,11H2,1-3H3,(H,21,23). The monoisotopic (exact) mass is 342 g/mol. The Kier molecular flexibility index (Phi) is 4.53. The van der Waals surface area contributed by atoms with E-state index in [1.54, 1.807) is 12.3 Å². The number of amides is 1. The van der Waals surface area contributed by atoms with Gasteiger partial charge in [-0.15, -0.1) is 0 Å². The Bertz CT molecular complexity index is 808. The van der Waals surface area contributed by atoms with E-state index in [2.05, 4.69) is 10.3 Å². The third-order valence-corrected chi connectivity index (χ3v) is 4.35. The molecule has 0 spiro atoms. The fourth-order valence-corrected chi connectivity index (χ4v) is 2.69. The van der Waals surface area contributed by atoms with Gasteiger partial charge in [-0.2, -0.15) is 0 Å². The molecule has 132 valence electrons. The first-order valence-electron chi connectivity index (χ1n) is 8.24. The molecule has 3 rings (SSSR count). The Balaban J connectivity index is 1.68. The number of ether oxygens (including phenoxy) is 2. The van der Waals surface area contributed by atoms with Crippen LogP contribution < -0.4 is 14.8 Å². The van der Waals surface area contributed by atoms with Crippen LogP contribution in [0.15, 0.2) is 30.5 Å². The minimum atomic E-state index is -0.290. The summed E-state index contributed by atoms with van der Waals surface area (Å²) < 4.78 is 11.2. The minimum Gasteiger partial charge on any atom is -0.486 e. The van der Waals surface area contributed by atoms with Crippen molar-refractivity contribution in [2.24, 2.45) is 0 Å². The molecule has 1 amide bonds. The van der Waals surface area contributed by atoms with Crippen LogP contribution in [0.5, 0.6) is 11.5 Å². The highest BCUT2D eigenvalue weighted by molar-refractivity contribution is 5.99. The number of Topliss-reactive ketones (excluding diaryl/α,β-unsaturated/α-hetero) is 1. The molecule has 0 fully saturated rings. The molecule has 6 nitrogen and oxygen atoms in total. The molecule has 1 aliphatic heterocycles. The highest BCUT2D eigenvalue weighted by Crippen LogP contribution is 2.34. The van der Waals surface area contributed by atoms with Gasteiger partial charge in [0, 0.05) is 23.7 Å². The number of carbonyl (C=O) groups excluding carboxylic acids is 2. The van der Waals surface area contributed by atoms with E-state index in [-0.39, 0.29) is 17.1 Å². The van der Waals surface area contributed by atoms with E-state index in [0.29, 0.717) is 31.0 Å². The zero-order chi connectivity index (χ0) is 18.0. The van der Waals surface area contributed by atoms with Crippen LogP contribution in [-0.4, -0.2) is 36.4 Å². The topological polar surface area (TPSA) is 80.4 Å². The van der Waals surface area contributed by atoms with Crippen molar-refractivity contribution in [1.29, 1.82) is 0 Å². The molecule has 1 aliphatic rings. The van der Waals surface area contributed by atoms with Crippen molar-refractivity contribution in [1.82, 2.24) is 10.3 Å². The van der Waals surface area contributed by atoms with Gasteiger partial charge in [-0.05, 0) is 30.7 Å². The molecule has 1 aromatic heterocycles. The van der Waals surface area contributed by atoms with Gasteiger partial charge in [-0.25, -0.2) is 0 Å². The molecule has 0 bridgehead atoms. The fraction of sp³-hybridized carbons (Fsp3) is 0.368. The van der Waals surface area contributed by atoms with Crippen molar-refractivity contribution in [2.75, 3.05) is 19.8 Å². The van der Waals surface area contributed by atoms with Crippen LogP contribution in [0.1, 0.15) is 47.2 Å². The van der Waals surface area contributed by atoms with Crippen molar-refractivity contribution < 1.29 is 19.1 Å². The predicted octanol–water partition coefficient (Wildman–Crippen LogP) is 2.70. The molecule has 0 unspecified atom stereocenters. The first kappa shape index (κ1) is 17.1. The second kappa shape index (κ2) is 6.63. The van der Waals surface area contributed by atoms with Crippen LogP contribution in [-0.2, 0) is 5.41 Å². The van der Waals surface area contributed by atoms with Gasteiger partial charge in [-0.1, -0.05) is 19.9 Å². The zero-order valence-electron chi connectivity index (χ0n) is 14.6. The second-order valence-electron chi connectivity index (χ2n) is 6.78. The number of hydrogen-bond donors (Lipinski definition) is 2. The second-order valence-corrected chi connectivity index (χ2v) is 6.78. The molecule has 2 N–H and O–H groups in total. The molecule has 0 atom stereocenters. The normalized spacial score (nSPS) is 13.4. The number of nitrogens with one attached hydrogen (secondary N) is 2. The molecular weight excluding hydrogens is 320 g/mol. The third kappa shape index (κ3) is 3.68. The first-order chi connectivity index (χ1) is 11.9. The minimum absolute atomic E-state index is 0.0769. The van der Waals surface area contributed by atoms with Crippen LogP contribution in [0.25, 0.3) is 0 Å². The van der Waals surface area contributed by atoms with Crippen LogP contribution in [0.4, 0.5) is 0 Å². The molecule has 1 aromatic carbocycles. The Morgan fingerprint density at radius 3 is 2.56 bits per heavy atom. The number of aromatic nitrogens is 1. The van der Waals surface area contributed by atoms with Gasteiger partial charge in [-0.3, -0.25) is 9.59 Å². The van der Waals surface area contributed by atoms with Crippen molar-refractivity contribution >= 4 is 11.7 Å². The number of fused-ring (bicyclic) bond motifs is 1. The van der Waals surface area contributed by atoms with Crippen LogP contribution >= 0.6 is 0 Å². The average molecular weight is 342 g/mol. The fourth-order valence-electron chi connectivity index (χ4n) is 2.69. The van der Waals surface area contributed by atoms with Gasteiger partial charge in [0.25, 0.3) is 5.91 Å². The van der Waals surface area contributed by atoms with Crippen molar-refractivity contribution in [3.63, 3.8) is 0 Å². The number of rotatable bonds is 5. The van der Waals surface area contributed by atoms with E-state index >= 15 is 0 Å². The van der Waals surface area contributed by atoms with Crippen molar-refractivity contribution in [2.45, 2.75) is 26.2 Å². The number of aromatic amines is 1. The molecule has 0 saturated carbocycles. The van der Waals surface area contributed by atoms with E-state index in [0.717, 1.165) is 17.1 Å². The van der Waals surface area contributed by atoms with E-state index in [4.69, 9.17) is 9.47 Å². The largest absolute Gasteiger partial charge is 0.486 e. The van der Waals surface area contributed by atoms with Crippen LogP contribution in [0, 0.1) is 0 Å². The summed E-state index contributed by atoms with van der Waals surface area (Å²) in [5, 5.41) is 2.92. The van der Waals surface area contributed by atoms with Gasteiger partial charge in [0.1, 0.15) is 18.9 Å². The van der Waals surface area contributed by atoms with Crippen LogP contribution in [0.3, 0.4) is 0 Å². The van der Waals surface area contributed by atoms with E-state index in [1.165, 1.54) is 6.92 Å². The van der Waals surface area contributed by atoms with Gasteiger partial charge >= 0.3 is 0 Å². The molecular formula is C19H22N2O4. The Labute approximate surface area is 146 Å². The summed E-state index contributed by atoms with van der Waals surface area (Å²) in [6.45, 7) is 7.11. The maximum atomic E-state index is 12.3. The lowest BCUT2D eigenvalue weighted by Crippen LogP contribution is -2.36. The molecule has 2 aromatic rings. The molecule has 2 heterocycles. The summed E-state index contributed by atoms with van der Waals surface area (Å²) in [4.78, 5) is 26.5. The smallest absolute Gasteiger partial charge is 0.267 e. The summed E-state index contributed by atoms with van der Waals surface area (Å²) in [6.07, 6.45) is 1.54. The lowest BCUT2D eigenvalue weighted by atomic mass is 9.84. The van der Waals surface area contributed by atoms with Crippen molar-refractivity contribution in [3.05, 3.63) is 47.3 Å². The molecule has 6 heteroatoms. The van der Waals surface area contributed by atoms with Gasteiger partial charge in [0.05, 0.1) is 0 Å². The third-order valence-electron chi connectivity index (χ3n) is 4.35. The highest BCUT2D eigenvalue weighted by atomic mass is 16.6. The quantitative estimate of drug-likeness (QED) is 0.819. The summed E-state index contributed by atoms with van der Waals surface area (Å²) in [6, 6.07) is 7.41. The number of ketones is 1. The lowest BCUT2D eigenvalue weighted by Gasteiger charge is -2.27. The summed E-state index contributed by atoms with van der Waals surface area (Å²) in [5.74, 6) is 1.17. The number of hydrogen-bond acceptors (Lipinski definition) is 4. The lowest BCUT2D eigenvalue weighted by molar-refractivity contribution is 0.0941. The summed E-state index contributed by atoms with van der Waals surface area (Å²) >= 11 is 0. The van der Waals surface area contributed by atoms with E-state index in [9.17, 15) is 9.59 Å². The number of carbonyl (C=O) groups is 2. The predicted molar refractivity (Wildman–Crippen MR) is 93.6 cm³/mol. The molecule has 25 heavy (non-hydrogen) atoms. The van der Waals surface area contributed by atoms with E-state index < -0.39 is 0 Å². The maximum absolute atomic E-state index is 12.3. The first-order valence-corrected chi connectivity index (χ1v) is 8.24. The van der Waals surface area contributed by atoms with Crippen molar-refractivity contribution in [3.8, 4) is 11.5 Å². The number of H-pyrrole nitrogens is 1. The Morgan fingerprint density at radius 1 is 1.16 bits per heavy atom. The molecule has 0 aliphatic carbocycles. The summed E-state index contributed by atoms with van der Waals surface area (Å²) in [7, 11) is 0. The maximum Gasteiger partial charge on any atom is 0.267 e. The number of benzene rings is 1. The Morgan fingerprint density at radius 2 is 1.88 bits per heavy atom. The highest BCUT2D eigenvalue weighted by Gasteiger charge is 2.24. The van der Waals surface area contributed by atoms with Crippen LogP contribution in [0.2, 0.25) is 0 Å². The zero-order valence-corrected chi connectivity index (χ0v) is 14.6.